The van der Waals surface area contributed by atoms with Gasteiger partial charge in [-0.05, 0) is 18.9 Å². The van der Waals surface area contributed by atoms with Gasteiger partial charge in [0.05, 0.1) is 16.6 Å². The Kier molecular flexibility index (Phi) is 4.34. The van der Waals surface area contributed by atoms with Crippen LogP contribution >= 0.6 is 0 Å². The van der Waals surface area contributed by atoms with E-state index in [0.717, 1.165) is 45.8 Å². The van der Waals surface area contributed by atoms with E-state index < -0.39 is 0 Å². The molecule has 0 amide bonds. The second-order valence-corrected chi connectivity index (χ2v) is 7.56. The molecule has 2 atom stereocenters. The number of aromatic amines is 1. The first-order valence-electron chi connectivity index (χ1n) is 9.88. The van der Waals surface area contributed by atoms with Gasteiger partial charge in [0, 0.05) is 58.8 Å². The Balaban J connectivity index is 1.61. The van der Waals surface area contributed by atoms with E-state index in [1.54, 1.807) is 12.4 Å². The molecule has 0 saturated heterocycles. The van der Waals surface area contributed by atoms with Gasteiger partial charge in [-0.15, -0.1) is 0 Å². The Morgan fingerprint density at radius 2 is 2.03 bits per heavy atom. The number of hydrogen-bond acceptors (Lipinski definition) is 6. The van der Waals surface area contributed by atoms with Crippen LogP contribution in [0.5, 0.6) is 0 Å². The fourth-order valence-electron chi connectivity index (χ4n) is 4.20. The lowest BCUT2D eigenvalue weighted by molar-refractivity contribution is 0.402. The first-order chi connectivity index (χ1) is 14.2. The van der Waals surface area contributed by atoms with E-state index in [9.17, 15) is 5.26 Å². The van der Waals surface area contributed by atoms with E-state index in [-0.39, 0.29) is 12.1 Å². The number of rotatable bonds is 3. The van der Waals surface area contributed by atoms with Crippen molar-refractivity contribution in [1.29, 1.82) is 5.26 Å². The molecule has 0 spiro atoms. The summed E-state index contributed by atoms with van der Waals surface area (Å²) in [6.45, 7) is 0. The van der Waals surface area contributed by atoms with Crippen molar-refractivity contribution in [3.63, 3.8) is 0 Å². The van der Waals surface area contributed by atoms with Crippen LogP contribution in [-0.4, -0.2) is 32.0 Å². The van der Waals surface area contributed by atoms with Crippen LogP contribution in [0.25, 0.3) is 32.9 Å². The Bertz CT molecular complexity index is 1240. The predicted octanol–water partition coefficient (Wildman–Crippen LogP) is 3.73. The summed E-state index contributed by atoms with van der Waals surface area (Å²) in [5, 5.41) is 14.7. The molecule has 1 saturated carbocycles. The van der Waals surface area contributed by atoms with Crippen molar-refractivity contribution in [2.24, 2.45) is 5.73 Å². The third kappa shape index (κ3) is 3.08. The maximum Gasteiger partial charge on any atom is 0.223 e. The number of aromatic nitrogens is 4. The van der Waals surface area contributed by atoms with Crippen LogP contribution in [0, 0.1) is 11.3 Å². The molecule has 4 aromatic rings. The predicted molar refractivity (Wildman–Crippen MR) is 113 cm³/mol. The zero-order chi connectivity index (χ0) is 19.8. The Labute approximate surface area is 168 Å². The minimum absolute atomic E-state index is 0.123. The number of H-pyrrole nitrogens is 1. The average molecular weight is 383 g/mol. The van der Waals surface area contributed by atoms with Gasteiger partial charge in [-0.2, -0.15) is 5.26 Å². The normalized spacial score (nSPS) is 19.3. The van der Waals surface area contributed by atoms with Crippen LogP contribution in [0.4, 0.5) is 5.95 Å². The summed E-state index contributed by atoms with van der Waals surface area (Å²) in [5.41, 5.74) is 10.4. The fourth-order valence-corrected chi connectivity index (χ4v) is 4.20. The molecule has 7 heteroatoms. The van der Waals surface area contributed by atoms with E-state index in [0.29, 0.717) is 11.5 Å². The highest BCUT2D eigenvalue weighted by Crippen LogP contribution is 2.33. The number of fused-ring (bicyclic) bond motifs is 2. The molecule has 3 aromatic heterocycles. The highest BCUT2D eigenvalue weighted by Gasteiger charge is 2.22. The number of pyridine rings is 1. The molecule has 5 rings (SSSR count). The molecule has 4 N–H and O–H groups in total. The minimum Gasteiger partial charge on any atom is -0.359 e. The molecule has 7 nitrogen and oxygen atoms in total. The highest BCUT2D eigenvalue weighted by atomic mass is 15.1. The number of benzene rings is 1. The molecule has 1 aliphatic carbocycles. The number of nitrogens with zero attached hydrogens (tertiary/aromatic N) is 4. The Hall–Kier alpha value is -3.50. The van der Waals surface area contributed by atoms with Gasteiger partial charge in [0.25, 0.3) is 0 Å². The molecule has 1 aromatic carbocycles. The van der Waals surface area contributed by atoms with Crippen molar-refractivity contribution in [2.75, 3.05) is 5.32 Å². The topological polar surface area (TPSA) is 116 Å². The van der Waals surface area contributed by atoms with Crippen molar-refractivity contribution in [2.45, 2.75) is 37.8 Å². The van der Waals surface area contributed by atoms with Crippen molar-refractivity contribution in [3.8, 4) is 17.2 Å². The third-order valence-electron chi connectivity index (χ3n) is 5.75. The quantitative estimate of drug-likeness (QED) is 0.496. The molecule has 1 aliphatic rings. The average Bonchev–Trinajstić information content (AvgIpc) is 3.19. The van der Waals surface area contributed by atoms with Gasteiger partial charge in [-0.3, -0.25) is 4.98 Å². The van der Waals surface area contributed by atoms with E-state index in [1.165, 1.54) is 12.8 Å². The van der Waals surface area contributed by atoms with Gasteiger partial charge in [-0.25, -0.2) is 9.97 Å². The summed E-state index contributed by atoms with van der Waals surface area (Å²) in [6.07, 6.45) is 11.7. The largest absolute Gasteiger partial charge is 0.359 e. The van der Waals surface area contributed by atoms with Crippen LogP contribution in [0.3, 0.4) is 0 Å². The van der Waals surface area contributed by atoms with E-state index in [4.69, 9.17) is 10.7 Å². The molecule has 1 fully saturated rings. The molecule has 3 heterocycles. The van der Waals surface area contributed by atoms with Crippen LogP contribution in [0.15, 0.2) is 43.0 Å². The van der Waals surface area contributed by atoms with Crippen molar-refractivity contribution in [3.05, 3.63) is 48.5 Å². The minimum atomic E-state index is 0.123. The van der Waals surface area contributed by atoms with Gasteiger partial charge in [-0.1, -0.05) is 25.0 Å². The van der Waals surface area contributed by atoms with Crippen LogP contribution in [0.1, 0.15) is 31.2 Å². The molecular formula is C22H21N7. The third-order valence-corrected chi connectivity index (χ3v) is 5.75. The number of nitrogens with two attached hydrogens (primary N) is 1. The van der Waals surface area contributed by atoms with E-state index in [1.807, 2.05) is 30.6 Å². The Morgan fingerprint density at radius 3 is 2.90 bits per heavy atom. The van der Waals surface area contributed by atoms with Gasteiger partial charge in [0.15, 0.2) is 0 Å². The van der Waals surface area contributed by atoms with Crippen LogP contribution in [-0.2, 0) is 0 Å². The molecule has 144 valence electrons. The van der Waals surface area contributed by atoms with Crippen molar-refractivity contribution in [1.82, 2.24) is 19.9 Å². The molecule has 29 heavy (non-hydrogen) atoms. The summed E-state index contributed by atoms with van der Waals surface area (Å²) in [6, 6.07) is 8.25. The highest BCUT2D eigenvalue weighted by molar-refractivity contribution is 6.04. The monoisotopic (exact) mass is 383 g/mol. The summed E-state index contributed by atoms with van der Waals surface area (Å²) < 4.78 is 0. The first kappa shape index (κ1) is 17.6. The molecule has 0 aliphatic heterocycles. The standard InChI is InChI=1S/C22H21N7/c23-8-13-4-3-5-15-16(12-26-20(13)15)17-11-25-9-14-10-27-22(29-21(14)17)28-19-7-2-1-6-18(19)24/h3-5,9-12,18-19,26H,1-2,6-7,24H2,(H,27,28,29). The summed E-state index contributed by atoms with van der Waals surface area (Å²) in [5.74, 6) is 0.588. The maximum absolute atomic E-state index is 9.38. The van der Waals surface area contributed by atoms with Gasteiger partial charge >= 0.3 is 0 Å². The second-order valence-electron chi connectivity index (χ2n) is 7.56. The zero-order valence-corrected chi connectivity index (χ0v) is 15.9. The number of nitriles is 1. The lowest BCUT2D eigenvalue weighted by Gasteiger charge is -2.29. The molecule has 2 unspecified atom stereocenters. The smallest absolute Gasteiger partial charge is 0.223 e. The summed E-state index contributed by atoms with van der Waals surface area (Å²) >= 11 is 0. The van der Waals surface area contributed by atoms with Crippen molar-refractivity contribution >= 4 is 27.8 Å². The van der Waals surface area contributed by atoms with Crippen molar-refractivity contribution < 1.29 is 0 Å². The molecule has 0 bridgehead atoms. The van der Waals surface area contributed by atoms with Crippen LogP contribution < -0.4 is 11.1 Å². The van der Waals surface area contributed by atoms with E-state index in [2.05, 4.69) is 26.3 Å². The lowest BCUT2D eigenvalue weighted by atomic mass is 9.91. The SMILES string of the molecule is N#Cc1cccc2c(-c3cncc4cnc(NC5CCCCC5N)nc34)c[nH]c12. The first-order valence-corrected chi connectivity index (χ1v) is 9.88. The number of nitrogens with one attached hydrogen (secondary N) is 2. The Morgan fingerprint density at radius 1 is 1.14 bits per heavy atom. The van der Waals surface area contributed by atoms with E-state index >= 15 is 0 Å². The van der Waals surface area contributed by atoms with Gasteiger partial charge in [0.2, 0.25) is 5.95 Å². The zero-order valence-electron chi connectivity index (χ0n) is 15.9. The number of para-hydroxylation sites is 1. The lowest BCUT2D eigenvalue weighted by Crippen LogP contribution is -2.42. The number of hydrogen-bond donors (Lipinski definition) is 3. The fraction of sp³-hybridized carbons (Fsp3) is 0.273. The number of anilines is 1. The second kappa shape index (κ2) is 7.15. The van der Waals surface area contributed by atoms with Crippen LogP contribution in [0.2, 0.25) is 0 Å². The van der Waals surface area contributed by atoms with Gasteiger partial charge < -0.3 is 16.0 Å². The molecule has 0 radical (unpaired) electrons. The maximum atomic E-state index is 9.38. The molecular weight excluding hydrogens is 362 g/mol. The summed E-state index contributed by atoms with van der Waals surface area (Å²) in [4.78, 5) is 16.9. The summed E-state index contributed by atoms with van der Waals surface area (Å²) in [7, 11) is 0. The van der Waals surface area contributed by atoms with Gasteiger partial charge in [0.1, 0.15) is 6.07 Å².